The van der Waals surface area contributed by atoms with Crippen molar-refractivity contribution in [2.45, 2.75) is 12.8 Å². The van der Waals surface area contributed by atoms with E-state index in [9.17, 15) is 10.1 Å². The molecule has 17 heavy (non-hydrogen) atoms. The van der Waals surface area contributed by atoms with Crippen LogP contribution in [0.25, 0.3) is 0 Å². The van der Waals surface area contributed by atoms with Gasteiger partial charge in [-0.2, -0.15) is 0 Å². The molecular formula is C11H13BrN2O3. The molecule has 0 amide bonds. The smallest absolute Gasteiger partial charge is 0.293 e. The molecule has 1 saturated heterocycles. The SMILES string of the molecule is COc1cc(N2CCCC2)c([N+](=O)[O-])cc1Br. The first-order chi connectivity index (χ1) is 8.13. The van der Waals surface area contributed by atoms with Crippen LogP contribution < -0.4 is 9.64 Å². The summed E-state index contributed by atoms with van der Waals surface area (Å²) in [5.74, 6) is 0.623. The van der Waals surface area contributed by atoms with Crippen LogP contribution in [0.2, 0.25) is 0 Å². The molecule has 1 fully saturated rings. The molecule has 6 heteroatoms. The molecule has 1 aromatic rings. The van der Waals surface area contributed by atoms with Crippen LogP contribution in [-0.2, 0) is 0 Å². The molecular weight excluding hydrogens is 288 g/mol. The van der Waals surface area contributed by atoms with Crippen LogP contribution in [0.4, 0.5) is 11.4 Å². The quantitative estimate of drug-likeness (QED) is 0.636. The molecule has 1 heterocycles. The summed E-state index contributed by atoms with van der Waals surface area (Å²) >= 11 is 3.27. The lowest BCUT2D eigenvalue weighted by Gasteiger charge is -2.18. The Kier molecular flexibility index (Phi) is 3.51. The summed E-state index contributed by atoms with van der Waals surface area (Å²) in [7, 11) is 1.56. The van der Waals surface area contributed by atoms with Crippen LogP contribution in [0.3, 0.4) is 0 Å². The van der Waals surface area contributed by atoms with Gasteiger partial charge in [0.1, 0.15) is 11.4 Å². The van der Waals surface area contributed by atoms with Gasteiger partial charge in [0.05, 0.1) is 16.5 Å². The average molecular weight is 301 g/mol. The topological polar surface area (TPSA) is 55.6 Å². The Morgan fingerprint density at radius 2 is 2.06 bits per heavy atom. The van der Waals surface area contributed by atoms with Crippen LogP contribution in [0.5, 0.6) is 5.75 Å². The lowest BCUT2D eigenvalue weighted by Crippen LogP contribution is -2.19. The van der Waals surface area contributed by atoms with E-state index in [0.717, 1.165) is 25.9 Å². The summed E-state index contributed by atoms with van der Waals surface area (Å²) in [5, 5.41) is 11.0. The zero-order valence-corrected chi connectivity index (χ0v) is 11.1. The number of rotatable bonds is 3. The van der Waals surface area contributed by atoms with Crippen LogP contribution in [0.1, 0.15) is 12.8 Å². The second-order valence-electron chi connectivity index (χ2n) is 3.93. The summed E-state index contributed by atoms with van der Waals surface area (Å²) < 4.78 is 5.79. The molecule has 1 aliphatic heterocycles. The molecule has 0 radical (unpaired) electrons. The summed E-state index contributed by atoms with van der Waals surface area (Å²) in [6, 6.07) is 3.24. The number of nitro benzene ring substituents is 1. The van der Waals surface area contributed by atoms with Gasteiger partial charge in [0.15, 0.2) is 0 Å². The highest BCUT2D eigenvalue weighted by molar-refractivity contribution is 9.10. The second kappa shape index (κ2) is 4.91. The lowest BCUT2D eigenvalue weighted by molar-refractivity contribution is -0.384. The van der Waals surface area contributed by atoms with Crippen molar-refractivity contribution in [2.24, 2.45) is 0 Å². The Balaban J connectivity index is 2.49. The van der Waals surface area contributed by atoms with Gasteiger partial charge in [-0.15, -0.1) is 0 Å². The number of ether oxygens (including phenoxy) is 1. The Morgan fingerprint density at radius 1 is 1.41 bits per heavy atom. The second-order valence-corrected chi connectivity index (χ2v) is 4.78. The van der Waals surface area contributed by atoms with Crippen molar-refractivity contribution in [3.05, 3.63) is 26.7 Å². The minimum atomic E-state index is -0.349. The Hall–Kier alpha value is -1.30. The number of hydrogen-bond donors (Lipinski definition) is 0. The Morgan fingerprint density at radius 3 is 2.59 bits per heavy atom. The number of benzene rings is 1. The summed E-state index contributed by atoms with van der Waals surface area (Å²) in [6.45, 7) is 1.73. The third kappa shape index (κ3) is 2.36. The van der Waals surface area contributed by atoms with E-state index >= 15 is 0 Å². The van der Waals surface area contributed by atoms with Gasteiger partial charge in [-0.05, 0) is 28.8 Å². The van der Waals surface area contributed by atoms with E-state index < -0.39 is 0 Å². The third-order valence-corrected chi connectivity index (χ3v) is 3.51. The van der Waals surface area contributed by atoms with Crippen LogP contribution in [0.15, 0.2) is 16.6 Å². The number of nitro groups is 1. The minimum absolute atomic E-state index is 0.125. The first kappa shape index (κ1) is 12.2. The monoisotopic (exact) mass is 300 g/mol. The molecule has 5 nitrogen and oxygen atoms in total. The maximum atomic E-state index is 11.0. The van der Waals surface area contributed by atoms with E-state index in [4.69, 9.17) is 4.74 Å². The van der Waals surface area contributed by atoms with Crippen molar-refractivity contribution in [3.8, 4) is 5.75 Å². The fourth-order valence-electron chi connectivity index (χ4n) is 2.05. The molecule has 92 valence electrons. The third-order valence-electron chi connectivity index (χ3n) is 2.89. The number of halogens is 1. The lowest BCUT2D eigenvalue weighted by atomic mass is 10.2. The molecule has 0 N–H and O–H groups in total. The molecule has 0 unspecified atom stereocenters. The van der Waals surface area contributed by atoms with Gasteiger partial charge < -0.3 is 9.64 Å². The molecule has 0 saturated carbocycles. The molecule has 0 aliphatic carbocycles. The average Bonchev–Trinajstić information content (AvgIpc) is 2.82. The van der Waals surface area contributed by atoms with E-state index in [-0.39, 0.29) is 10.6 Å². The highest BCUT2D eigenvalue weighted by Crippen LogP contribution is 2.39. The normalized spacial score (nSPS) is 15.1. The zero-order chi connectivity index (χ0) is 12.4. The maximum Gasteiger partial charge on any atom is 0.293 e. The maximum absolute atomic E-state index is 11.0. The van der Waals surface area contributed by atoms with E-state index in [0.29, 0.717) is 15.9 Å². The molecule has 1 aliphatic rings. The molecule has 1 aromatic carbocycles. The molecule has 2 rings (SSSR count). The van der Waals surface area contributed by atoms with Gasteiger partial charge in [-0.1, -0.05) is 0 Å². The van der Waals surface area contributed by atoms with Crippen LogP contribution in [0, 0.1) is 10.1 Å². The van der Waals surface area contributed by atoms with E-state index in [2.05, 4.69) is 15.9 Å². The molecule has 0 spiro atoms. The van der Waals surface area contributed by atoms with Crippen LogP contribution >= 0.6 is 15.9 Å². The standard InChI is InChI=1S/C11H13BrN2O3/c1-17-11-7-9(13-4-2-3-5-13)10(14(15)16)6-8(11)12/h6-7H,2-5H2,1H3. The summed E-state index contributed by atoms with van der Waals surface area (Å²) in [4.78, 5) is 12.7. The Bertz CT molecular complexity index is 445. The molecule has 0 bridgehead atoms. The first-order valence-corrected chi connectivity index (χ1v) is 6.19. The van der Waals surface area contributed by atoms with Gasteiger partial charge >= 0.3 is 0 Å². The van der Waals surface area contributed by atoms with Crippen molar-refractivity contribution in [1.29, 1.82) is 0 Å². The number of hydrogen-bond acceptors (Lipinski definition) is 4. The fourth-order valence-corrected chi connectivity index (χ4v) is 2.54. The van der Waals surface area contributed by atoms with E-state index in [1.54, 1.807) is 13.2 Å². The van der Waals surface area contributed by atoms with Crippen molar-refractivity contribution in [3.63, 3.8) is 0 Å². The number of methoxy groups -OCH3 is 1. The fraction of sp³-hybridized carbons (Fsp3) is 0.455. The predicted molar refractivity (Wildman–Crippen MR) is 68.8 cm³/mol. The zero-order valence-electron chi connectivity index (χ0n) is 9.48. The first-order valence-electron chi connectivity index (χ1n) is 5.40. The highest BCUT2D eigenvalue weighted by Gasteiger charge is 2.24. The van der Waals surface area contributed by atoms with Crippen molar-refractivity contribution in [2.75, 3.05) is 25.1 Å². The van der Waals surface area contributed by atoms with Gasteiger partial charge in [-0.3, -0.25) is 10.1 Å². The van der Waals surface area contributed by atoms with Crippen LogP contribution in [-0.4, -0.2) is 25.1 Å². The van der Waals surface area contributed by atoms with Gasteiger partial charge in [-0.25, -0.2) is 0 Å². The number of anilines is 1. The predicted octanol–water partition coefficient (Wildman–Crippen LogP) is 2.97. The molecule has 0 aromatic heterocycles. The van der Waals surface area contributed by atoms with Crippen molar-refractivity contribution >= 4 is 27.3 Å². The minimum Gasteiger partial charge on any atom is -0.495 e. The van der Waals surface area contributed by atoms with E-state index in [1.165, 1.54) is 6.07 Å². The number of nitrogens with zero attached hydrogens (tertiary/aromatic N) is 2. The van der Waals surface area contributed by atoms with Crippen molar-refractivity contribution in [1.82, 2.24) is 0 Å². The van der Waals surface area contributed by atoms with Gasteiger partial charge in [0, 0.05) is 25.2 Å². The summed E-state index contributed by atoms with van der Waals surface area (Å²) in [5.41, 5.74) is 0.770. The summed E-state index contributed by atoms with van der Waals surface area (Å²) in [6.07, 6.45) is 2.16. The largest absolute Gasteiger partial charge is 0.495 e. The highest BCUT2D eigenvalue weighted by atomic mass is 79.9. The van der Waals surface area contributed by atoms with Gasteiger partial charge in [0.2, 0.25) is 0 Å². The van der Waals surface area contributed by atoms with E-state index in [1.807, 2.05) is 4.90 Å². The molecule has 0 atom stereocenters. The Labute approximate surface area is 108 Å². The van der Waals surface area contributed by atoms with Crippen molar-refractivity contribution < 1.29 is 9.66 Å². The van der Waals surface area contributed by atoms with Gasteiger partial charge in [0.25, 0.3) is 5.69 Å².